The van der Waals surface area contributed by atoms with Crippen molar-refractivity contribution in [1.82, 2.24) is 15.5 Å². The number of fused-ring (bicyclic) bond motifs is 1. The standard InChI is InChI=1S/C24H35N3O4.ClH/c1-15(25-3)23(30)26-22(16(2)28)24(31)27-13-7-12-20(27)21(29)14-18-10-6-9-17-8-4-5-11-19(17)18;/h4-5,8,11,15-16,18,20,22,25,28H,6-7,9-10,12-14H2,1-3H3,(H,26,30);1H/t15-,16+,18-,20-,22-;/m0./s1. The van der Waals surface area contributed by atoms with Crippen molar-refractivity contribution in [1.29, 1.82) is 0 Å². The Morgan fingerprint density at radius 2 is 1.88 bits per heavy atom. The number of hydrogen-bond acceptors (Lipinski definition) is 5. The third-order valence-electron chi connectivity index (χ3n) is 6.72. The summed E-state index contributed by atoms with van der Waals surface area (Å²) in [5.41, 5.74) is 2.58. The van der Waals surface area contributed by atoms with Gasteiger partial charge in [0.15, 0.2) is 5.78 Å². The minimum Gasteiger partial charge on any atom is -0.391 e. The third kappa shape index (κ3) is 5.88. The molecule has 2 aliphatic rings. The van der Waals surface area contributed by atoms with E-state index in [4.69, 9.17) is 0 Å². The molecule has 178 valence electrons. The zero-order valence-electron chi connectivity index (χ0n) is 19.2. The molecule has 1 aliphatic heterocycles. The lowest BCUT2D eigenvalue weighted by Crippen LogP contribution is -2.58. The van der Waals surface area contributed by atoms with Gasteiger partial charge < -0.3 is 20.6 Å². The number of carbonyl (C=O) groups is 3. The van der Waals surface area contributed by atoms with E-state index in [2.05, 4.69) is 22.8 Å². The lowest BCUT2D eigenvalue weighted by Gasteiger charge is -2.32. The maximum Gasteiger partial charge on any atom is 0.248 e. The summed E-state index contributed by atoms with van der Waals surface area (Å²) < 4.78 is 0. The number of nitrogens with one attached hydrogen (secondary N) is 2. The van der Waals surface area contributed by atoms with Crippen molar-refractivity contribution in [3.63, 3.8) is 0 Å². The number of Topliss-reactive ketones (excluding diaryl/α,β-unsaturated/α-hetero) is 1. The number of likely N-dealkylation sites (tertiary alicyclic amines) is 1. The van der Waals surface area contributed by atoms with Gasteiger partial charge in [0.05, 0.1) is 18.2 Å². The van der Waals surface area contributed by atoms with Gasteiger partial charge in [-0.1, -0.05) is 24.3 Å². The van der Waals surface area contributed by atoms with Crippen molar-refractivity contribution in [3.8, 4) is 0 Å². The molecule has 0 aromatic heterocycles. The number of amides is 2. The first-order valence-electron chi connectivity index (χ1n) is 11.4. The van der Waals surface area contributed by atoms with Crippen LogP contribution >= 0.6 is 12.4 Å². The summed E-state index contributed by atoms with van der Waals surface area (Å²) in [4.78, 5) is 40.3. The molecule has 8 heteroatoms. The van der Waals surface area contributed by atoms with Crippen LogP contribution in [0.15, 0.2) is 24.3 Å². The van der Waals surface area contributed by atoms with E-state index in [1.54, 1.807) is 18.9 Å². The van der Waals surface area contributed by atoms with Gasteiger partial charge in [-0.3, -0.25) is 14.4 Å². The molecule has 1 aromatic carbocycles. The van der Waals surface area contributed by atoms with Crippen LogP contribution in [-0.2, 0) is 20.8 Å². The maximum absolute atomic E-state index is 13.3. The summed E-state index contributed by atoms with van der Waals surface area (Å²) in [6.45, 7) is 3.64. The monoisotopic (exact) mass is 465 g/mol. The molecule has 0 radical (unpaired) electrons. The van der Waals surface area contributed by atoms with E-state index in [0.717, 1.165) is 25.7 Å². The van der Waals surface area contributed by atoms with Crippen molar-refractivity contribution in [2.75, 3.05) is 13.6 Å². The number of ketones is 1. The molecule has 0 saturated carbocycles. The first-order chi connectivity index (χ1) is 14.8. The number of aliphatic hydroxyl groups excluding tert-OH is 1. The Kier molecular flexibility index (Phi) is 9.67. The minimum absolute atomic E-state index is 0. The van der Waals surface area contributed by atoms with E-state index in [1.807, 2.05) is 12.1 Å². The predicted octanol–water partition coefficient (Wildman–Crippen LogP) is 1.95. The second kappa shape index (κ2) is 11.8. The number of nitrogens with zero attached hydrogens (tertiary/aromatic N) is 1. The van der Waals surface area contributed by atoms with Gasteiger partial charge in [-0.05, 0) is 70.0 Å². The molecule has 0 spiro atoms. The van der Waals surface area contributed by atoms with Crippen molar-refractivity contribution < 1.29 is 19.5 Å². The summed E-state index contributed by atoms with van der Waals surface area (Å²) in [6, 6.07) is 6.28. The van der Waals surface area contributed by atoms with E-state index >= 15 is 0 Å². The van der Waals surface area contributed by atoms with Gasteiger partial charge in [0.1, 0.15) is 6.04 Å². The van der Waals surface area contributed by atoms with Crippen molar-refractivity contribution in [3.05, 3.63) is 35.4 Å². The Labute approximate surface area is 196 Å². The second-order valence-corrected chi connectivity index (χ2v) is 8.89. The zero-order valence-corrected chi connectivity index (χ0v) is 20.0. The first kappa shape index (κ1) is 26.3. The van der Waals surface area contributed by atoms with E-state index in [-0.39, 0.29) is 35.9 Å². The maximum atomic E-state index is 13.3. The van der Waals surface area contributed by atoms with Crippen molar-refractivity contribution >= 4 is 30.0 Å². The summed E-state index contributed by atoms with van der Waals surface area (Å²) in [6.07, 6.45) is 3.86. The first-order valence-corrected chi connectivity index (χ1v) is 11.4. The van der Waals surface area contributed by atoms with Crippen LogP contribution < -0.4 is 10.6 Å². The fourth-order valence-corrected chi connectivity index (χ4v) is 4.79. The molecule has 3 rings (SSSR count). The average molecular weight is 466 g/mol. The number of hydrogen-bond donors (Lipinski definition) is 3. The topological polar surface area (TPSA) is 98.7 Å². The number of aryl methyl sites for hydroxylation is 1. The Balaban J connectivity index is 0.00000363. The molecule has 0 unspecified atom stereocenters. The molecule has 1 aromatic rings. The van der Waals surface area contributed by atoms with Gasteiger partial charge >= 0.3 is 0 Å². The summed E-state index contributed by atoms with van der Waals surface area (Å²) in [7, 11) is 1.65. The molecule has 1 heterocycles. The van der Waals surface area contributed by atoms with Gasteiger partial charge in [-0.2, -0.15) is 0 Å². The number of aliphatic hydroxyl groups is 1. The van der Waals surface area contributed by atoms with Crippen LogP contribution in [0, 0.1) is 0 Å². The molecule has 32 heavy (non-hydrogen) atoms. The summed E-state index contributed by atoms with van der Waals surface area (Å²) in [5, 5.41) is 15.6. The Morgan fingerprint density at radius 3 is 2.56 bits per heavy atom. The zero-order chi connectivity index (χ0) is 22.5. The van der Waals surface area contributed by atoms with Gasteiger partial charge in [-0.15, -0.1) is 12.4 Å². The van der Waals surface area contributed by atoms with E-state index in [1.165, 1.54) is 18.1 Å². The molecule has 7 nitrogen and oxygen atoms in total. The highest BCUT2D eigenvalue weighted by molar-refractivity contribution is 5.94. The predicted molar refractivity (Wildman–Crippen MR) is 126 cm³/mol. The highest BCUT2D eigenvalue weighted by atomic mass is 35.5. The molecule has 5 atom stereocenters. The number of likely N-dealkylation sites (N-methyl/N-ethyl adjacent to an activating group) is 1. The van der Waals surface area contributed by atoms with Crippen molar-refractivity contribution in [2.45, 2.75) is 82.5 Å². The Morgan fingerprint density at radius 1 is 1.16 bits per heavy atom. The Bertz CT molecular complexity index is 816. The fourth-order valence-electron chi connectivity index (χ4n) is 4.79. The molecular weight excluding hydrogens is 430 g/mol. The third-order valence-corrected chi connectivity index (χ3v) is 6.72. The molecule has 2 amide bonds. The molecule has 1 fully saturated rings. The van der Waals surface area contributed by atoms with Gasteiger partial charge in [0.25, 0.3) is 0 Å². The van der Waals surface area contributed by atoms with Crippen LogP contribution in [0.3, 0.4) is 0 Å². The quantitative estimate of drug-likeness (QED) is 0.545. The number of rotatable bonds is 8. The second-order valence-electron chi connectivity index (χ2n) is 8.89. The van der Waals surface area contributed by atoms with Gasteiger partial charge in [0, 0.05) is 13.0 Å². The van der Waals surface area contributed by atoms with E-state index in [0.29, 0.717) is 19.4 Å². The van der Waals surface area contributed by atoms with Crippen LogP contribution in [0.25, 0.3) is 0 Å². The molecule has 1 aliphatic carbocycles. The van der Waals surface area contributed by atoms with Crippen LogP contribution in [0.1, 0.15) is 63.0 Å². The van der Waals surface area contributed by atoms with Crippen LogP contribution in [-0.4, -0.2) is 65.4 Å². The summed E-state index contributed by atoms with van der Waals surface area (Å²) >= 11 is 0. The lowest BCUT2D eigenvalue weighted by atomic mass is 9.79. The largest absolute Gasteiger partial charge is 0.391 e. The summed E-state index contributed by atoms with van der Waals surface area (Å²) in [5.74, 6) is -0.472. The minimum atomic E-state index is -1.06. The van der Waals surface area contributed by atoms with Crippen LogP contribution in [0.4, 0.5) is 0 Å². The van der Waals surface area contributed by atoms with Crippen molar-refractivity contribution in [2.24, 2.45) is 0 Å². The van der Waals surface area contributed by atoms with Crippen LogP contribution in [0.5, 0.6) is 0 Å². The normalized spacial score (nSPS) is 22.8. The van der Waals surface area contributed by atoms with E-state index < -0.39 is 24.2 Å². The number of carbonyl (C=O) groups excluding carboxylic acids is 3. The molecule has 3 N–H and O–H groups in total. The Hall–Kier alpha value is -1.96. The van der Waals surface area contributed by atoms with Gasteiger partial charge in [-0.25, -0.2) is 0 Å². The smallest absolute Gasteiger partial charge is 0.248 e. The highest BCUT2D eigenvalue weighted by Gasteiger charge is 2.40. The fraction of sp³-hybridized carbons (Fsp3) is 0.625. The highest BCUT2D eigenvalue weighted by Crippen LogP contribution is 2.35. The SMILES string of the molecule is CN[C@@H](C)C(=O)N[C@H](C(=O)N1CCC[C@H]1C(=O)C[C@@H]1CCCc2ccccc21)[C@@H](C)O.Cl. The number of benzene rings is 1. The average Bonchev–Trinajstić information content (AvgIpc) is 3.26. The lowest BCUT2D eigenvalue weighted by molar-refractivity contribution is -0.143. The molecule has 0 bridgehead atoms. The van der Waals surface area contributed by atoms with Crippen LogP contribution in [0.2, 0.25) is 0 Å². The number of halogens is 1. The van der Waals surface area contributed by atoms with Gasteiger partial charge in [0.2, 0.25) is 11.8 Å². The van der Waals surface area contributed by atoms with E-state index in [9.17, 15) is 19.5 Å². The molecular formula is C24H36ClN3O4. The molecule has 1 saturated heterocycles.